The van der Waals surface area contributed by atoms with E-state index in [1.807, 2.05) is 0 Å². The van der Waals surface area contributed by atoms with E-state index in [4.69, 9.17) is 0 Å². The lowest BCUT2D eigenvalue weighted by Gasteiger charge is -2.21. The molecule has 122 valence electrons. The van der Waals surface area contributed by atoms with Crippen LogP contribution in [0.1, 0.15) is 26.7 Å². The highest BCUT2D eigenvalue weighted by Crippen LogP contribution is 2.26. The normalized spacial score (nSPS) is 10.7. The van der Waals surface area contributed by atoms with Crippen LogP contribution < -0.4 is 4.74 Å². The van der Waals surface area contributed by atoms with E-state index in [1.165, 1.54) is 11.9 Å². The Morgan fingerprint density at radius 2 is 1.59 bits per heavy atom. The number of carbonyl (C=O) groups excluding carboxylic acids is 2. The molecule has 1 rings (SSSR count). The number of benzene rings is 1. The molecule has 4 nitrogen and oxygen atoms in total. The number of carbonyl (C=O) groups is 2. The van der Waals surface area contributed by atoms with Crippen molar-refractivity contribution in [3.63, 3.8) is 0 Å². The van der Waals surface area contributed by atoms with Gasteiger partial charge in [0, 0.05) is 25.6 Å². The molecular formula is C14H15F4NO3. The first-order chi connectivity index (χ1) is 10.1. The van der Waals surface area contributed by atoms with Crippen LogP contribution >= 0.6 is 0 Å². The second kappa shape index (κ2) is 7.24. The molecule has 1 amide bonds. The third kappa shape index (κ3) is 4.19. The molecule has 0 aromatic heterocycles. The van der Waals surface area contributed by atoms with Gasteiger partial charge in [0.2, 0.25) is 23.3 Å². The topological polar surface area (TPSA) is 46.6 Å². The van der Waals surface area contributed by atoms with Gasteiger partial charge in [-0.15, -0.1) is 0 Å². The number of hydrogen-bond acceptors (Lipinski definition) is 3. The lowest BCUT2D eigenvalue weighted by molar-refractivity contribution is -0.139. The van der Waals surface area contributed by atoms with Gasteiger partial charge in [0.25, 0.3) is 0 Å². The summed E-state index contributed by atoms with van der Waals surface area (Å²) in [6, 6.07) is -0.0842. The molecule has 0 aliphatic carbocycles. The summed E-state index contributed by atoms with van der Waals surface area (Å²) in [6.07, 6.45) is -0.735. The molecule has 8 heteroatoms. The van der Waals surface area contributed by atoms with E-state index < -0.39 is 41.4 Å². The Kier molecular flexibility index (Phi) is 5.90. The fourth-order valence-electron chi connectivity index (χ4n) is 1.48. The van der Waals surface area contributed by atoms with Crippen molar-refractivity contribution in [1.82, 2.24) is 4.90 Å². The first-order valence-corrected chi connectivity index (χ1v) is 6.44. The van der Waals surface area contributed by atoms with Gasteiger partial charge in [0.1, 0.15) is 0 Å². The van der Waals surface area contributed by atoms with Crippen molar-refractivity contribution in [2.24, 2.45) is 0 Å². The molecule has 1 aromatic rings. The Bertz CT molecular complexity index is 564. The molecule has 0 atom stereocenters. The van der Waals surface area contributed by atoms with Crippen molar-refractivity contribution in [3.8, 4) is 5.75 Å². The maximum Gasteiger partial charge on any atom is 0.311 e. The lowest BCUT2D eigenvalue weighted by atomic mass is 10.2. The van der Waals surface area contributed by atoms with Crippen molar-refractivity contribution in [2.75, 3.05) is 7.05 Å². The Hall–Kier alpha value is -2.12. The average molecular weight is 321 g/mol. The number of nitrogens with zero attached hydrogens (tertiary/aromatic N) is 1. The van der Waals surface area contributed by atoms with Crippen LogP contribution in [0.2, 0.25) is 0 Å². The summed E-state index contributed by atoms with van der Waals surface area (Å²) in [7, 11) is 1.53. The van der Waals surface area contributed by atoms with Crippen molar-refractivity contribution in [3.05, 3.63) is 29.3 Å². The van der Waals surface area contributed by atoms with E-state index in [-0.39, 0.29) is 24.4 Å². The van der Waals surface area contributed by atoms with Crippen LogP contribution in [-0.4, -0.2) is 29.9 Å². The zero-order valence-electron chi connectivity index (χ0n) is 12.3. The SMILES string of the molecule is CC(C)N(C)C(=O)CCC(=O)Oc1c(F)c(F)cc(F)c1F. The van der Waals surface area contributed by atoms with Gasteiger partial charge in [-0.1, -0.05) is 0 Å². The molecule has 0 bridgehead atoms. The Labute approximate surface area is 124 Å². The lowest BCUT2D eigenvalue weighted by Crippen LogP contribution is -2.33. The summed E-state index contributed by atoms with van der Waals surface area (Å²) in [5.74, 6) is -9.98. The van der Waals surface area contributed by atoms with Gasteiger partial charge >= 0.3 is 5.97 Å². The number of rotatable bonds is 5. The highest BCUT2D eigenvalue weighted by Gasteiger charge is 2.23. The monoisotopic (exact) mass is 321 g/mol. The van der Waals surface area contributed by atoms with Crippen molar-refractivity contribution in [2.45, 2.75) is 32.7 Å². The molecule has 0 saturated heterocycles. The van der Waals surface area contributed by atoms with Crippen molar-refractivity contribution >= 4 is 11.9 Å². The van der Waals surface area contributed by atoms with Crippen LogP contribution in [0.3, 0.4) is 0 Å². The van der Waals surface area contributed by atoms with E-state index in [0.717, 1.165) is 0 Å². The van der Waals surface area contributed by atoms with E-state index in [9.17, 15) is 27.2 Å². The summed E-state index contributed by atoms with van der Waals surface area (Å²) in [6.45, 7) is 3.52. The van der Waals surface area contributed by atoms with Crippen LogP contribution in [0.4, 0.5) is 17.6 Å². The summed E-state index contributed by atoms with van der Waals surface area (Å²) < 4.78 is 56.8. The largest absolute Gasteiger partial charge is 0.420 e. The predicted molar refractivity (Wildman–Crippen MR) is 69.0 cm³/mol. The number of halogens is 4. The maximum absolute atomic E-state index is 13.3. The van der Waals surface area contributed by atoms with E-state index in [2.05, 4.69) is 4.74 Å². The molecule has 0 radical (unpaired) electrons. The molecule has 0 N–H and O–H groups in total. The number of amides is 1. The zero-order chi connectivity index (χ0) is 17.0. The number of ether oxygens (including phenoxy) is 1. The third-order valence-corrected chi connectivity index (χ3v) is 3.00. The third-order valence-electron chi connectivity index (χ3n) is 3.00. The van der Waals surface area contributed by atoms with E-state index >= 15 is 0 Å². The fourth-order valence-corrected chi connectivity index (χ4v) is 1.48. The number of hydrogen-bond donors (Lipinski definition) is 0. The van der Waals surface area contributed by atoms with E-state index in [0.29, 0.717) is 0 Å². The van der Waals surface area contributed by atoms with Crippen LogP contribution in [-0.2, 0) is 9.59 Å². The molecule has 0 aliphatic heterocycles. The molecule has 0 heterocycles. The van der Waals surface area contributed by atoms with Crippen molar-refractivity contribution in [1.29, 1.82) is 0 Å². The quantitative estimate of drug-likeness (QED) is 0.363. The minimum atomic E-state index is -1.81. The minimum Gasteiger partial charge on any atom is -0.420 e. The molecule has 0 fully saturated rings. The van der Waals surface area contributed by atoms with Crippen LogP contribution in [0, 0.1) is 23.3 Å². The second-order valence-corrected chi connectivity index (χ2v) is 4.87. The summed E-state index contributed by atoms with van der Waals surface area (Å²) in [5, 5.41) is 0. The predicted octanol–water partition coefficient (Wildman–Crippen LogP) is 2.80. The van der Waals surface area contributed by atoms with Gasteiger partial charge in [0.15, 0.2) is 11.6 Å². The molecule has 0 unspecified atom stereocenters. The number of esters is 1. The summed E-state index contributed by atoms with van der Waals surface area (Å²) in [4.78, 5) is 24.5. The Morgan fingerprint density at radius 1 is 1.09 bits per heavy atom. The Balaban J connectivity index is 2.73. The smallest absolute Gasteiger partial charge is 0.311 e. The van der Waals surface area contributed by atoms with Crippen LogP contribution in [0.5, 0.6) is 5.75 Å². The van der Waals surface area contributed by atoms with Gasteiger partial charge in [-0.2, -0.15) is 8.78 Å². The maximum atomic E-state index is 13.3. The van der Waals surface area contributed by atoms with Crippen molar-refractivity contribution < 1.29 is 31.9 Å². The zero-order valence-corrected chi connectivity index (χ0v) is 12.3. The van der Waals surface area contributed by atoms with Gasteiger partial charge in [0.05, 0.1) is 6.42 Å². The van der Waals surface area contributed by atoms with Gasteiger partial charge in [-0.25, -0.2) is 8.78 Å². The molecule has 0 aliphatic rings. The van der Waals surface area contributed by atoms with Gasteiger partial charge in [-0.3, -0.25) is 9.59 Å². The minimum absolute atomic E-state index is 0.00310. The summed E-state index contributed by atoms with van der Waals surface area (Å²) >= 11 is 0. The molecule has 1 aromatic carbocycles. The first-order valence-electron chi connectivity index (χ1n) is 6.44. The molecular weight excluding hydrogens is 306 g/mol. The molecule has 22 heavy (non-hydrogen) atoms. The van der Waals surface area contributed by atoms with Crippen LogP contribution in [0.25, 0.3) is 0 Å². The highest BCUT2D eigenvalue weighted by atomic mass is 19.2. The van der Waals surface area contributed by atoms with Gasteiger partial charge < -0.3 is 9.64 Å². The molecule has 0 spiro atoms. The standard InChI is InChI=1S/C14H15F4NO3/c1-7(2)19(3)10(20)4-5-11(21)22-14-12(17)8(15)6-9(16)13(14)18/h6-7H,4-5H2,1-3H3. The fraction of sp³-hybridized carbons (Fsp3) is 0.429. The second-order valence-electron chi connectivity index (χ2n) is 4.87. The Morgan fingerprint density at radius 3 is 2.05 bits per heavy atom. The first kappa shape index (κ1) is 17.9. The average Bonchev–Trinajstić information content (AvgIpc) is 2.46. The molecule has 0 saturated carbocycles. The highest BCUT2D eigenvalue weighted by molar-refractivity contribution is 5.82. The van der Waals surface area contributed by atoms with E-state index in [1.54, 1.807) is 13.8 Å². The summed E-state index contributed by atoms with van der Waals surface area (Å²) in [5.41, 5.74) is 0. The van der Waals surface area contributed by atoms with Gasteiger partial charge in [-0.05, 0) is 13.8 Å². The van der Waals surface area contributed by atoms with Crippen LogP contribution in [0.15, 0.2) is 6.07 Å².